The largest absolute Gasteiger partial charge is 0.379 e. The summed E-state index contributed by atoms with van der Waals surface area (Å²) in [6, 6.07) is 19.2. The van der Waals surface area contributed by atoms with E-state index in [2.05, 4.69) is 20.5 Å². The van der Waals surface area contributed by atoms with Gasteiger partial charge >= 0.3 is 0 Å². The van der Waals surface area contributed by atoms with Crippen LogP contribution in [0.1, 0.15) is 43.3 Å². The third-order valence-corrected chi connectivity index (χ3v) is 8.53. The maximum atomic E-state index is 13.0. The molecule has 2 N–H and O–H groups in total. The molecule has 40 heavy (non-hydrogen) atoms. The maximum Gasteiger partial charge on any atom is 0.257 e. The van der Waals surface area contributed by atoms with Crippen LogP contribution in [0.4, 0.5) is 5.13 Å². The summed E-state index contributed by atoms with van der Waals surface area (Å²) in [5.41, 5.74) is 5.14. The Balaban J connectivity index is 1.04. The Morgan fingerprint density at radius 1 is 0.950 bits per heavy atom. The molecule has 1 aliphatic carbocycles. The van der Waals surface area contributed by atoms with Crippen LogP contribution in [0.2, 0.25) is 0 Å². The van der Waals surface area contributed by atoms with Crippen molar-refractivity contribution < 1.29 is 14.3 Å². The van der Waals surface area contributed by atoms with Gasteiger partial charge in [-0.05, 0) is 72.4 Å². The normalized spacial score (nSPS) is 17.1. The fraction of sp³-hybridized carbons (Fsp3) is 0.290. The molecule has 0 bridgehead atoms. The number of rotatable bonds is 7. The molecule has 4 aromatic rings. The van der Waals surface area contributed by atoms with Crippen molar-refractivity contribution >= 4 is 28.3 Å². The zero-order chi connectivity index (χ0) is 27.3. The fourth-order valence-electron chi connectivity index (χ4n) is 5.30. The van der Waals surface area contributed by atoms with Crippen LogP contribution in [0, 0.1) is 0 Å². The second kappa shape index (κ2) is 12.1. The van der Waals surface area contributed by atoms with Crippen LogP contribution in [0.5, 0.6) is 0 Å². The van der Waals surface area contributed by atoms with Crippen molar-refractivity contribution in [2.75, 3.05) is 31.6 Å². The lowest BCUT2D eigenvalue weighted by Gasteiger charge is -2.36. The number of hydrogen-bond donors (Lipinski definition) is 2. The lowest BCUT2D eigenvalue weighted by Crippen LogP contribution is -2.45. The smallest absolute Gasteiger partial charge is 0.257 e. The average Bonchev–Trinajstić information content (AvgIpc) is 3.42. The number of anilines is 1. The van der Waals surface area contributed by atoms with E-state index in [9.17, 15) is 9.59 Å². The summed E-state index contributed by atoms with van der Waals surface area (Å²) in [6.45, 7) is 3.89. The van der Waals surface area contributed by atoms with E-state index in [-0.39, 0.29) is 11.8 Å². The second-order valence-electron chi connectivity index (χ2n) is 10.1. The number of benzene rings is 2. The van der Waals surface area contributed by atoms with Crippen molar-refractivity contribution in [1.82, 2.24) is 20.2 Å². The Kier molecular flexibility index (Phi) is 7.94. The highest BCUT2D eigenvalue weighted by atomic mass is 32.1. The number of nitrogens with zero attached hydrogens (tertiary/aromatic N) is 3. The van der Waals surface area contributed by atoms with E-state index in [0.717, 1.165) is 68.0 Å². The third-order valence-electron chi connectivity index (χ3n) is 7.50. The fourth-order valence-corrected chi connectivity index (χ4v) is 6.37. The van der Waals surface area contributed by atoms with Gasteiger partial charge in [-0.1, -0.05) is 24.3 Å². The van der Waals surface area contributed by atoms with E-state index in [1.54, 1.807) is 29.8 Å². The summed E-state index contributed by atoms with van der Waals surface area (Å²) >= 11 is 1.58. The standard InChI is InChI=1S/C31H31N5O3S/c37-29(24-6-4-22(5-7-24)23-10-12-32-13-11-23)33-20-21-2-1-3-25(18-21)30(38)35-31-34-27-9-8-26(19-28(27)40-31)36-14-16-39-17-15-36/h1-7,10-13,18,26H,8-9,14-17,19-20H2,(H,33,37)(H,34,35,38)/t26-/m0/s1. The molecule has 3 heterocycles. The summed E-state index contributed by atoms with van der Waals surface area (Å²) in [6.07, 6.45) is 6.50. The van der Waals surface area contributed by atoms with Gasteiger partial charge in [0.15, 0.2) is 5.13 Å². The van der Waals surface area contributed by atoms with Crippen LogP contribution in [-0.2, 0) is 24.1 Å². The highest BCUT2D eigenvalue weighted by molar-refractivity contribution is 7.15. The van der Waals surface area contributed by atoms with Gasteiger partial charge in [0.25, 0.3) is 11.8 Å². The Morgan fingerprint density at radius 2 is 1.73 bits per heavy atom. The first-order chi connectivity index (χ1) is 19.6. The summed E-state index contributed by atoms with van der Waals surface area (Å²) in [4.78, 5) is 38.3. The van der Waals surface area contributed by atoms with Gasteiger partial charge in [-0.3, -0.25) is 24.8 Å². The summed E-state index contributed by atoms with van der Waals surface area (Å²) in [5.74, 6) is -0.365. The van der Waals surface area contributed by atoms with E-state index in [4.69, 9.17) is 9.72 Å². The van der Waals surface area contributed by atoms with E-state index >= 15 is 0 Å². The number of amides is 2. The number of pyridine rings is 1. The highest BCUT2D eigenvalue weighted by Gasteiger charge is 2.28. The number of aryl methyl sites for hydroxylation is 1. The van der Waals surface area contributed by atoms with Crippen LogP contribution in [0.3, 0.4) is 0 Å². The van der Waals surface area contributed by atoms with Gasteiger partial charge in [0.1, 0.15) is 0 Å². The number of fused-ring (bicyclic) bond motifs is 1. The number of aromatic nitrogens is 2. The van der Waals surface area contributed by atoms with Gasteiger partial charge in [0, 0.05) is 54.1 Å². The molecule has 1 fully saturated rings. The number of hydrogen-bond acceptors (Lipinski definition) is 7. The van der Waals surface area contributed by atoms with Gasteiger partial charge in [-0.25, -0.2) is 4.98 Å². The molecule has 1 aliphatic heterocycles. The molecule has 2 amide bonds. The van der Waals surface area contributed by atoms with Gasteiger partial charge in [0.05, 0.1) is 18.9 Å². The quantitative estimate of drug-likeness (QED) is 0.348. The Labute approximate surface area is 237 Å². The van der Waals surface area contributed by atoms with Crippen LogP contribution >= 0.6 is 11.3 Å². The van der Waals surface area contributed by atoms with E-state index < -0.39 is 0 Å². The average molecular weight is 554 g/mol. The number of ether oxygens (including phenoxy) is 1. The highest BCUT2D eigenvalue weighted by Crippen LogP contribution is 2.32. The second-order valence-corrected chi connectivity index (χ2v) is 11.2. The molecule has 0 unspecified atom stereocenters. The number of carbonyl (C=O) groups is 2. The number of morpholine rings is 1. The van der Waals surface area contributed by atoms with Crippen molar-refractivity contribution in [2.24, 2.45) is 0 Å². The van der Waals surface area contributed by atoms with Crippen LogP contribution in [-0.4, -0.2) is 59.0 Å². The van der Waals surface area contributed by atoms with Gasteiger partial charge in [-0.2, -0.15) is 0 Å². The Bertz CT molecular complexity index is 1480. The van der Waals surface area contributed by atoms with Crippen molar-refractivity contribution in [3.63, 3.8) is 0 Å². The number of carbonyl (C=O) groups excluding carboxylic acids is 2. The molecule has 2 aromatic carbocycles. The number of thiazole rings is 1. The summed E-state index contributed by atoms with van der Waals surface area (Å²) in [5, 5.41) is 6.59. The molecule has 0 saturated carbocycles. The van der Waals surface area contributed by atoms with Gasteiger partial charge in [-0.15, -0.1) is 11.3 Å². The maximum absolute atomic E-state index is 13.0. The van der Waals surface area contributed by atoms with Gasteiger partial charge in [0.2, 0.25) is 0 Å². The van der Waals surface area contributed by atoms with Crippen molar-refractivity contribution in [2.45, 2.75) is 31.8 Å². The zero-order valence-corrected chi connectivity index (χ0v) is 23.0. The van der Waals surface area contributed by atoms with Gasteiger partial charge < -0.3 is 10.1 Å². The zero-order valence-electron chi connectivity index (χ0n) is 22.1. The molecule has 0 radical (unpaired) electrons. The molecular formula is C31H31N5O3S. The van der Waals surface area contributed by atoms with E-state index in [1.807, 2.05) is 54.6 Å². The molecule has 0 spiro atoms. The van der Waals surface area contributed by atoms with Crippen molar-refractivity contribution in [3.05, 3.63) is 100 Å². The summed E-state index contributed by atoms with van der Waals surface area (Å²) in [7, 11) is 0. The molecule has 1 atom stereocenters. The first-order valence-electron chi connectivity index (χ1n) is 13.6. The minimum atomic E-state index is -0.198. The predicted molar refractivity (Wildman–Crippen MR) is 156 cm³/mol. The SMILES string of the molecule is O=C(NCc1cccc(C(=O)Nc2nc3c(s2)C[C@@H](N2CCOCC2)CC3)c1)c1ccc(-c2ccncc2)cc1. The van der Waals surface area contributed by atoms with E-state index in [0.29, 0.717) is 28.8 Å². The Morgan fingerprint density at radius 3 is 2.52 bits per heavy atom. The van der Waals surface area contributed by atoms with Crippen LogP contribution in [0.15, 0.2) is 73.1 Å². The number of nitrogens with one attached hydrogen (secondary N) is 2. The van der Waals surface area contributed by atoms with E-state index in [1.165, 1.54) is 4.88 Å². The topological polar surface area (TPSA) is 96.5 Å². The van der Waals surface area contributed by atoms with Crippen molar-refractivity contribution in [3.8, 4) is 11.1 Å². The molecule has 2 aliphatic rings. The molecule has 9 heteroatoms. The molecule has 204 valence electrons. The van der Waals surface area contributed by atoms with Crippen LogP contribution in [0.25, 0.3) is 11.1 Å². The Hall–Kier alpha value is -3.92. The van der Waals surface area contributed by atoms with Crippen molar-refractivity contribution in [1.29, 1.82) is 0 Å². The lowest BCUT2D eigenvalue weighted by atomic mass is 9.96. The molecule has 6 rings (SSSR count). The van der Waals surface area contributed by atoms with Crippen LogP contribution < -0.4 is 10.6 Å². The monoisotopic (exact) mass is 553 g/mol. The predicted octanol–water partition coefficient (Wildman–Crippen LogP) is 4.58. The summed E-state index contributed by atoms with van der Waals surface area (Å²) < 4.78 is 5.50. The molecule has 1 saturated heterocycles. The lowest BCUT2D eigenvalue weighted by molar-refractivity contribution is 0.0139. The molecular weight excluding hydrogens is 522 g/mol. The third kappa shape index (κ3) is 6.12. The molecule has 8 nitrogen and oxygen atoms in total. The molecule has 2 aromatic heterocycles. The minimum absolute atomic E-state index is 0.167. The first-order valence-corrected chi connectivity index (χ1v) is 14.4. The first kappa shape index (κ1) is 26.3. The minimum Gasteiger partial charge on any atom is -0.379 e.